The van der Waals surface area contributed by atoms with Crippen molar-refractivity contribution in [2.45, 2.75) is 30.6 Å². The molecular formula is C6H10BrN. The van der Waals surface area contributed by atoms with Crippen molar-refractivity contribution in [1.29, 1.82) is 0 Å². The second kappa shape index (κ2) is 3.23. The Kier molecular flexibility index (Phi) is 2.53. The summed E-state index contributed by atoms with van der Waals surface area (Å²) in [4.78, 5) is 4.62. The Morgan fingerprint density at radius 2 is 2.38 bits per heavy atom. The zero-order valence-corrected chi connectivity index (χ0v) is 6.39. The van der Waals surface area contributed by atoms with Gasteiger partial charge in [0, 0.05) is 6.21 Å². The SMILES string of the molecule is BrC1CCCCC=N1. The Hall–Kier alpha value is 0.150. The van der Waals surface area contributed by atoms with Crippen molar-refractivity contribution in [2.75, 3.05) is 0 Å². The molecule has 0 spiro atoms. The molecule has 0 aromatic carbocycles. The number of aliphatic imine (C=N–C) groups is 1. The minimum Gasteiger partial charge on any atom is -0.283 e. The molecule has 8 heavy (non-hydrogen) atoms. The fourth-order valence-corrected chi connectivity index (χ4v) is 1.30. The van der Waals surface area contributed by atoms with Gasteiger partial charge in [0.1, 0.15) is 4.95 Å². The molecule has 0 radical (unpaired) electrons. The minimum atomic E-state index is 0.407. The summed E-state index contributed by atoms with van der Waals surface area (Å²) in [6.07, 6.45) is 7.02. The number of hydrogen-bond donors (Lipinski definition) is 0. The van der Waals surface area contributed by atoms with Gasteiger partial charge in [-0.3, -0.25) is 4.99 Å². The van der Waals surface area contributed by atoms with Crippen molar-refractivity contribution in [2.24, 2.45) is 4.99 Å². The van der Waals surface area contributed by atoms with Gasteiger partial charge in [-0.2, -0.15) is 0 Å². The van der Waals surface area contributed by atoms with Gasteiger partial charge in [0.2, 0.25) is 0 Å². The van der Waals surface area contributed by atoms with Crippen molar-refractivity contribution in [3.63, 3.8) is 0 Å². The van der Waals surface area contributed by atoms with E-state index in [4.69, 9.17) is 0 Å². The molecule has 2 heteroatoms. The summed E-state index contributed by atoms with van der Waals surface area (Å²) in [5.74, 6) is 0. The molecule has 1 aliphatic rings. The van der Waals surface area contributed by atoms with Crippen LogP contribution in [0.25, 0.3) is 0 Å². The zero-order valence-electron chi connectivity index (χ0n) is 4.81. The molecule has 0 amide bonds. The third kappa shape index (κ3) is 1.95. The minimum absolute atomic E-state index is 0.407. The maximum absolute atomic E-state index is 4.22. The van der Waals surface area contributed by atoms with Crippen LogP contribution in [-0.4, -0.2) is 11.2 Å². The van der Waals surface area contributed by atoms with Gasteiger partial charge in [0.25, 0.3) is 0 Å². The van der Waals surface area contributed by atoms with E-state index in [0.29, 0.717) is 4.95 Å². The van der Waals surface area contributed by atoms with Crippen molar-refractivity contribution in [3.05, 3.63) is 0 Å². The van der Waals surface area contributed by atoms with Gasteiger partial charge in [-0.1, -0.05) is 22.4 Å². The van der Waals surface area contributed by atoms with Crippen LogP contribution >= 0.6 is 15.9 Å². The Bertz CT molecular complexity index is 90.5. The first-order chi connectivity index (χ1) is 3.89. The van der Waals surface area contributed by atoms with Crippen LogP contribution in [0.5, 0.6) is 0 Å². The van der Waals surface area contributed by atoms with Crippen molar-refractivity contribution in [1.82, 2.24) is 0 Å². The highest BCUT2D eigenvalue weighted by atomic mass is 79.9. The third-order valence-corrected chi connectivity index (χ3v) is 1.99. The van der Waals surface area contributed by atoms with Crippen molar-refractivity contribution < 1.29 is 0 Å². The molecule has 0 aromatic heterocycles. The molecule has 0 aliphatic carbocycles. The van der Waals surface area contributed by atoms with Crippen LogP contribution in [0.1, 0.15) is 25.7 Å². The molecule has 1 nitrogen and oxygen atoms in total. The maximum atomic E-state index is 4.22. The fraction of sp³-hybridized carbons (Fsp3) is 0.833. The predicted octanol–water partition coefficient (Wildman–Crippen LogP) is 2.35. The summed E-state index contributed by atoms with van der Waals surface area (Å²) >= 11 is 3.44. The largest absolute Gasteiger partial charge is 0.283 e. The first-order valence-corrected chi connectivity index (χ1v) is 3.97. The van der Waals surface area contributed by atoms with Crippen LogP contribution in [0, 0.1) is 0 Å². The molecule has 1 aliphatic heterocycles. The fourth-order valence-electron chi connectivity index (χ4n) is 0.812. The Morgan fingerprint density at radius 3 is 3.25 bits per heavy atom. The lowest BCUT2D eigenvalue weighted by atomic mass is 10.2. The molecule has 0 bridgehead atoms. The monoisotopic (exact) mass is 175 g/mol. The summed E-state index contributed by atoms with van der Waals surface area (Å²) in [5.41, 5.74) is 0. The highest BCUT2D eigenvalue weighted by molar-refractivity contribution is 9.09. The Balaban J connectivity index is 2.33. The van der Waals surface area contributed by atoms with E-state index in [0.717, 1.165) is 0 Å². The van der Waals surface area contributed by atoms with E-state index in [9.17, 15) is 0 Å². The standard InChI is InChI=1S/C6H10BrN/c7-6-4-2-1-3-5-8-6/h5-6H,1-4H2. The van der Waals surface area contributed by atoms with E-state index >= 15 is 0 Å². The van der Waals surface area contributed by atoms with Crippen LogP contribution < -0.4 is 0 Å². The number of halogens is 1. The average Bonchev–Trinajstić information content (AvgIpc) is 1.94. The van der Waals surface area contributed by atoms with E-state index in [-0.39, 0.29) is 0 Å². The maximum Gasteiger partial charge on any atom is 0.104 e. The molecule has 1 atom stereocenters. The molecular weight excluding hydrogens is 166 g/mol. The van der Waals surface area contributed by atoms with Crippen molar-refractivity contribution in [3.8, 4) is 0 Å². The Labute approximate surface area is 58.3 Å². The van der Waals surface area contributed by atoms with E-state index < -0.39 is 0 Å². The predicted molar refractivity (Wildman–Crippen MR) is 39.7 cm³/mol. The van der Waals surface area contributed by atoms with E-state index in [1.165, 1.54) is 25.7 Å². The van der Waals surface area contributed by atoms with Gasteiger partial charge < -0.3 is 0 Å². The average molecular weight is 176 g/mol. The van der Waals surface area contributed by atoms with Crippen LogP contribution in [0.3, 0.4) is 0 Å². The number of alkyl halides is 1. The van der Waals surface area contributed by atoms with Gasteiger partial charge in [-0.05, 0) is 19.3 Å². The van der Waals surface area contributed by atoms with E-state index in [1.54, 1.807) is 0 Å². The molecule has 0 fully saturated rings. The number of rotatable bonds is 0. The van der Waals surface area contributed by atoms with Crippen molar-refractivity contribution >= 4 is 22.1 Å². The summed E-state index contributed by atoms with van der Waals surface area (Å²) < 4.78 is 0. The molecule has 1 heterocycles. The van der Waals surface area contributed by atoms with E-state index in [2.05, 4.69) is 20.9 Å². The molecule has 0 aromatic rings. The van der Waals surface area contributed by atoms with Crippen LogP contribution in [0.2, 0.25) is 0 Å². The smallest absolute Gasteiger partial charge is 0.104 e. The van der Waals surface area contributed by atoms with Gasteiger partial charge in [-0.25, -0.2) is 0 Å². The van der Waals surface area contributed by atoms with Gasteiger partial charge in [0.05, 0.1) is 0 Å². The normalized spacial score (nSPS) is 29.9. The van der Waals surface area contributed by atoms with Gasteiger partial charge in [-0.15, -0.1) is 0 Å². The lowest BCUT2D eigenvalue weighted by molar-refractivity contribution is 0.713. The summed E-state index contributed by atoms with van der Waals surface area (Å²) in [5, 5.41) is 0. The number of nitrogens with zero attached hydrogens (tertiary/aromatic N) is 1. The summed E-state index contributed by atoms with van der Waals surface area (Å²) in [7, 11) is 0. The quantitative estimate of drug-likeness (QED) is 0.396. The highest BCUT2D eigenvalue weighted by Gasteiger charge is 2.01. The zero-order chi connectivity index (χ0) is 5.82. The van der Waals surface area contributed by atoms with Gasteiger partial charge >= 0.3 is 0 Å². The van der Waals surface area contributed by atoms with Crippen LogP contribution in [-0.2, 0) is 0 Å². The second-order valence-electron chi connectivity index (χ2n) is 2.05. The van der Waals surface area contributed by atoms with Crippen LogP contribution in [0.4, 0.5) is 0 Å². The topological polar surface area (TPSA) is 12.4 Å². The molecule has 46 valence electrons. The summed E-state index contributed by atoms with van der Waals surface area (Å²) in [6.45, 7) is 0. The lowest BCUT2D eigenvalue weighted by Gasteiger charge is -1.96. The highest BCUT2D eigenvalue weighted by Crippen LogP contribution is 2.14. The first-order valence-electron chi connectivity index (χ1n) is 3.05. The molecule has 0 N–H and O–H groups in total. The molecule has 0 saturated carbocycles. The van der Waals surface area contributed by atoms with E-state index in [1.807, 2.05) is 6.21 Å². The number of hydrogen-bond acceptors (Lipinski definition) is 1. The third-order valence-electron chi connectivity index (χ3n) is 1.29. The molecule has 1 unspecified atom stereocenters. The summed E-state index contributed by atoms with van der Waals surface area (Å²) in [6, 6.07) is 0. The van der Waals surface area contributed by atoms with Gasteiger partial charge in [0.15, 0.2) is 0 Å². The Morgan fingerprint density at radius 1 is 1.50 bits per heavy atom. The second-order valence-corrected chi connectivity index (χ2v) is 3.11. The van der Waals surface area contributed by atoms with Crippen LogP contribution in [0.15, 0.2) is 4.99 Å². The lowest BCUT2D eigenvalue weighted by Crippen LogP contribution is -1.88. The molecule has 1 rings (SSSR count). The molecule has 0 saturated heterocycles. The first kappa shape index (κ1) is 6.27.